The Hall–Kier alpha value is -1.03. The molecule has 116 valence electrons. The van der Waals surface area contributed by atoms with Gasteiger partial charge in [0.15, 0.2) is 0 Å². The number of rotatable bonds is 3. The molecule has 0 bridgehead atoms. The molecule has 1 aliphatic rings. The van der Waals surface area contributed by atoms with Gasteiger partial charge in [-0.15, -0.1) is 0 Å². The third kappa shape index (κ3) is 3.25. The van der Waals surface area contributed by atoms with E-state index in [4.69, 9.17) is 0 Å². The second kappa shape index (κ2) is 5.99. The molecule has 1 aromatic carbocycles. The summed E-state index contributed by atoms with van der Waals surface area (Å²) in [6, 6.07) is 2.60. The molecule has 1 fully saturated rings. The molecule has 7 nitrogen and oxygen atoms in total. The summed E-state index contributed by atoms with van der Waals surface area (Å²) >= 11 is 3.19. The van der Waals surface area contributed by atoms with Gasteiger partial charge in [-0.1, -0.05) is 15.9 Å². The predicted octanol–water partition coefficient (Wildman–Crippen LogP) is 1.65. The summed E-state index contributed by atoms with van der Waals surface area (Å²) in [5.41, 5.74) is 0.207. The van der Waals surface area contributed by atoms with Crippen molar-refractivity contribution in [2.75, 3.05) is 19.6 Å². The van der Waals surface area contributed by atoms with Crippen molar-refractivity contribution in [2.45, 2.75) is 24.8 Å². The zero-order valence-corrected chi connectivity index (χ0v) is 14.1. The molecular formula is C12H16BrN3O4S. The third-order valence-electron chi connectivity index (χ3n) is 3.46. The Morgan fingerprint density at radius 3 is 2.71 bits per heavy atom. The summed E-state index contributed by atoms with van der Waals surface area (Å²) in [7, 11) is -3.73. The number of nitrogens with zero attached hydrogens (tertiary/aromatic N) is 2. The van der Waals surface area contributed by atoms with Gasteiger partial charge in [-0.2, -0.15) is 4.31 Å². The van der Waals surface area contributed by atoms with Gasteiger partial charge in [0, 0.05) is 41.8 Å². The van der Waals surface area contributed by atoms with Crippen molar-refractivity contribution >= 4 is 31.6 Å². The zero-order chi connectivity index (χ0) is 15.8. The van der Waals surface area contributed by atoms with Crippen LogP contribution in [0, 0.1) is 17.0 Å². The van der Waals surface area contributed by atoms with Gasteiger partial charge in [-0.25, -0.2) is 8.42 Å². The minimum atomic E-state index is -3.73. The number of hydrogen-bond donors (Lipinski definition) is 1. The first-order valence-electron chi connectivity index (χ1n) is 6.41. The highest BCUT2D eigenvalue weighted by Gasteiger charge is 2.30. The number of hydrogen-bond acceptors (Lipinski definition) is 5. The number of nitrogens with one attached hydrogen (secondary N) is 1. The molecular weight excluding hydrogens is 362 g/mol. The average molecular weight is 378 g/mol. The van der Waals surface area contributed by atoms with Gasteiger partial charge in [-0.05, 0) is 19.9 Å². The van der Waals surface area contributed by atoms with Crippen molar-refractivity contribution < 1.29 is 13.3 Å². The highest BCUT2D eigenvalue weighted by molar-refractivity contribution is 9.10. The Morgan fingerprint density at radius 2 is 2.14 bits per heavy atom. The van der Waals surface area contributed by atoms with Crippen molar-refractivity contribution in [3.8, 4) is 0 Å². The second-order valence-electron chi connectivity index (χ2n) is 5.02. The number of nitro benzene ring substituents is 1. The van der Waals surface area contributed by atoms with E-state index in [0.29, 0.717) is 29.7 Å². The van der Waals surface area contributed by atoms with E-state index in [1.807, 2.05) is 6.92 Å². The van der Waals surface area contributed by atoms with Crippen LogP contribution in [-0.2, 0) is 10.0 Å². The van der Waals surface area contributed by atoms with Crippen LogP contribution in [0.5, 0.6) is 0 Å². The minimum Gasteiger partial charge on any atom is -0.312 e. The van der Waals surface area contributed by atoms with Crippen LogP contribution in [0.2, 0.25) is 0 Å². The van der Waals surface area contributed by atoms with Gasteiger partial charge in [0.2, 0.25) is 10.0 Å². The molecule has 1 aliphatic heterocycles. The molecule has 0 aliphatic carbocycles. The minimum absolute atomic E-state index is 0.0531. The Bertz CT molecular complexity index is 677. The van der Waals surface area contributed by atoms with Crippen LogP contribution in [0.25, 0.3) is 0 Å². The van der Waals surface area contributed by atoms with E-state index in [-0.39, 0.29) is 16.6 Å². The van der Waals surface area contributed by atoms with E-state index in [2.05, 4.69) is 21.2 Å². The molecule has 1 saturated heterocycles. The Balaban J connectivity index is 2.47. The summed E-state index contributed by atoms with van der Waals surface area (Å²) in [4.78, 5) is 10.4. The topological polar surface area (TPSA) is 92.6 Å². The lowest BCUT2D eigenvalue weighted by Gasteiger charge is -2.31. The van der Waals surface area contributed by atoms with E-state index >= 15 is 0 Å². The number of sulfonamides is 1. The maximum Gasteiger partial charge on any atom is 0.274 e. The Kier molecular flexibility index (Phi) is 4.66. The lowest BCUT2D eigenvalue weighted by Crippen LogP contribution is -2.51. The summed E-state index contributed by atoms with van der Waals surface area (Å²) < 4.78 is 27.0. The first kappa shape index (κ1) is 16.3. The van der Waals surface area contributed by atoms with Crippen molar-refractivity contribution in [2.24, 2.45) is 0 Å². The monoisotopic (exact) mass is 377 g/mol. The lowest BCUT2D eigenvalue weighted by atomic mass is 10.2. The molecule has 1 aromatic rings. The molecule has 0 radical (unpaired) electrons. The first-order chi connectivity index (χ1) is 9.73. The normalized spacial score (nSPS) is 20.4. The maximum atomic E-state index is 12.6. The maximum absolute atomic E-state index is 12.6. The molecule has 1 unspecified atom stereocenters. The summed E-state index contributed by atoms with van der Waals surface area (Å²) in [5, 5.41) is 14.2. The van der Waals surface area contributed by atoms with Crippen molar-refractivity contribution in [3.63, 3.8) is 0 Å². The van der Waals surface area contributed by atoms with Crippen LogP contribution < -0.4 is 5.32 Å². The van der Waals surface area contributed by atoms with Gasteiger partial charge >= 0.3 is 0 Å². The van der Waals surface area contributed by atoms with Gasteiger partial charge in [0.05, 0.1) is 9.82 Å². The second-order valence-corrected chi connectivity index (χ2v) is 7.82. The number of halogens is 1. The molecule has 0 aromatic heterocycles. The predicted molar refractivity (Wildman–Crippen MR) is 81.8 cm³/mol. The fraction of sp³-hybridized carbons (Fsp3) is 0.500. The quantitative estimate of drug-likeness (QED) is 0.638. The van der Waals surface area contributed by atoms with E-state index in [0.717, 1.165) is 6.07 Å². The zero-order valence-electron chi connectivity index (χ0n) is 11.7. The summed E-state index contributed by atoms with van der Waals surface area (Å²) in [6.07, 6.45) is 0. The number of benzene rings is 1. The summed E-state index contributed by atoms with van der Waals surface area (Å²) in [5.74, 6) is 0. The van der Waals surface area contributed by atoms with E-state index in [1.165, 1.54) is 10.4 Å². The Labute approximate surface area is 131 Å². The third-order valence-corrected chi connectivity index (χ3v) is 6.12. The van der Waals surface area contributed by atoms with Crippen LogP contribution in [0.3, 0.4) is 0 Å². The summed E-state index contributed by atoms with van der Waals surface area (Å²) in [6.45, 7) is 4.74. The van der Waals surface area contributed by atoms with Crippen LogP contribution in [0.1, 0.15) is 12.5 Å². The first-order valence-corrected chi connectivity index (χ1v) is 8.65. The van der Waals surface area contributed by atoms with Crippen LogP contribution >= 0.6 is 15.9 Å². The lowest BCUT2D eigenvalue weighted by molar-refractivity contribution is -0.385. The van der Waals surface area contributed by atoms with Crippen molar-refractivity contribution in [3.05, 3.63) is 32.3 Å². The van der Waals surface area contributed by atoms with Crippen LogP contribution in [-0.4, -0.2) is 43.3 Å². The molecule has 1 atom stereocenters. The Morgan fingerprint density at radius 1 is 1.48 bits per heavy atom. The molecule has 1 N–H and O–H groups in total. The fourth-order valence-electron chi connectivity index (χ4n) is 2.24. The number of piperazine rings is 1. The average Bonchev–Trinajstić information content (AvgIpc) is 2.41. The van der Waals surface area contributed by atoms with E-state index < -0.39 is 14.9 Å². The van der Waals surface area contributed by atoms with Gasteiger partial charge in [0.1, 0.15) is 0 Å². The van der Waals surface area contributed by atoms with Gasteiger partial charge in [-0.3, -0.25) is 10.1 Å². The van der Waals surface area contributed by atoms with Gasteiger partial charge in [0.25, 0.3) is 5.69 Å². The van der Waals surface area contributed by atoms with Crippen LogP contribution in [0.15, 0.2) is 21.5 Å². The smallest absolute Gasteiger partial charge is 0.274 e. The van der Waals surface area contributed by atoms with Crippen molar-refractivity contribution in [1.29, 1.82) is 0 Å². The molecule has 1 heterocycles. The number of nitro groups is 1. The fourth-order valence-corrected chi connectivity index (χ4v) is 4.42. The molecule has 0 amide bonds. The van der Waals surface area contributed by atoms with Gasteiger partial charge < -0.3 is 5.32 Å². The SMILES string of the molecule is Cc1c(Br)cc(S(=O)(=O)N2CCNC(C)C2)cc1[N+](=O)[O-]. The molecule has 9 heteroatoms. The highest BCUT2D eigenvalue weighted by Crippen LogP contribution is 2.31. The standard InChI is InChI=1S/C12H16BrN3O4S/c1-8-7-15(4-3-14-8)21(19,20)10-5-11(13)9(2)12(6-10)16(17)18/h5-6,8,14H,3-4,7H2,1-2H3. The molecule has 0 spiro atoms. The molecule has 21 heavy (non-hydrogen) atoms. The largest absolute Gasteiger partial charge is 0.312 e. The van der Waals surface area contributed by atoms with Crippen LogP contribution in [0.4, 0.5) is 5.69 Å². The van der Waals surface area contributed by atoms with Crippen molar-refractivity contribution in [1.82, 2.24) is 9.62 Å². The highest BCUT2D eigenvalue weighted by atomic mass is 79.9. The molecule has 0 saturated carbocycles. The molecule has 2 rings (SSSR count). The van der Waals surface area contributed by atoms with E-state index in [9.17, 15) is 18.5 Å². The van der Waals surface area contributed by atoms with E-state index in [1.54, 1.807) is 6.92 Å².